The monoisotopic (exact) mass is 168 g/mol. The molecule has 66 valence electrons. The molecule has 3 nitrogen and oxygen atoms in total. The van der Waals surface area contributed by atoms with E-state index in [1.165, 1.54) is 6.92 Å². The van der Waals surface area contributed by atoms with Crippen LogP contribution in [-0.2, 0) is 14.3 Å². The summed E-state index contributed by atoms with van der Waals surface area (Å²) < 4.78 is 5.10. The highest BCUT2D eigenvalue weighted by Gasteiger charge is 2.46. The van der Waals surface area contributed by atoms with Crippen LogP contribution < -0.4 is 0 Å². The number of esters is 1. The van der Waals surface area contributed by atoms with Crippen LogP contribution in [0, 0.1) is 11.8 Å². The van der Waals surface area contributed by atoms with Crippen LogP contribution in [0.25, 0.3) is 0 Å². The first-order valence-electron chi connectivity index (χ1n) is 4.36. The molecule has 2 bridgehead atoms. The minimum absolute atomic E-state index is 0.0326. The average Bonchev–Trinajstić information content (AvgIpc) is 2.44. The van der Waals surface area contributed by atoms with Crippen molar-refractivity contribution in [2.45, 2.75) is 32.3 Å². The summed E-state index contributed by atoms with van der Waals surface area (Å²) in [5, 5.41) is 0. The number of rotatable bonds is 1. The zero-order chi connectivity index (χ0) is 8.72. The van der Waals surface area contributed by atoms with Gasteiger partial charge >= 0.3 is 5.97 Å². The van der Waals surface area contributed by atoms with Gasteiger partial charge in [-0.05, 0) is 12.8 Å². The molecule has 2 aliphatic rings. The Hall–Kier alpha value is -0.860. The van der Waals surface area contributed by atoms with Gasteiger partial charge in [0.2, 0.25) is 0 Å². The topological polar surface area (TPSA) is 43.4 Å². The highest BCUT2D eigenvalue weighted by Crippen LogP contribution is 2.43. The molecule has 0 aromatic carbocycles. The van der Waals surface area contributed by atoms with Crippen molar-refractivity contribution in [3.8, 4) is 0 Å². The van der Waals surface area contributed by atoms with Crippen molar-refractivity contribution < 1.29 is 14.3 Å². The zero-order valence-corrected chi connectivity index (χ0v) is 7.08. The van der Waals surface area contributed by atoms with E-state index in [9.17, 15) is 9.59 Å². The molecule has 0 unspecified atom stereocenters. The number of carbonyl (C=O) groups is 2. The minimum atomic E-state index is -0.222. The maximum atomic E-state index is 11.1. The lowest BCUT2D eigenvalue weighted by molar-refractivity contribution is -0.150. The standard InChI is InChI=1S/C9H12O3/c1-5(10)12-9-4-6-2-7(9)3-8(6)11/h6-7,9H,2-4H2,1H3/t6-,7-,9+/m1/s1. The summed E-state index contributed by atoms with van der Waals surface area (Å²) in [6.45, 7) is 1.42. The Kier molecular flexibility index (Phi) is 1.67. The number of Topliss-reactive ketones (excluding diaryl/α,β-unsaturated/α-hetero) is 1. The summed E-state index contributed by atoms with van der Waals surface area (Å²) in [7, 11) is 0. The van der Waals surface area contributed by atoms with E-state index in [1.54, 1.807) is 0 Å². The second-order valence-electron chi connectivity index (χ2n) is 3.75. The maximum Gasteiger partial charge on any atom is 0.302 e. The van der Waals surface area contributed by atoms with Crippen molar-refractivity contribution in [3.05, 3.63) is 0 Å². The van der Waals surface area contributed by atoms with Crippen LogP contribution in [-0.4, -0.2) is 17.9 Å². The van der Waals surface area contributed by atoms with Crippen LogP contribution in [0.1, 0.15) is 26.2 Å². The van der Waals surface area contributed by atoms with Gasteiger partial charge in [-0.1, -0.05) is 0 Å². The molecular weight excluding hydrogens is 156 g/mol. The smallest absolute Gasteiger partial charge is 0.302 e. The van der Waals surface area contributed by atoms with Crippen molar-refractivity contribution in [2.75, 3.05) is 0 Å². The molecule has 2 saturated carbocycles. The Morgan fingerprint density at radius 1 is 1.50 bits per heavy atom. The van der Waals surface area contributed by atoms with Gasteiger partial charge in [-0.25, -0.2) is 0 Å². The van der Waals surface area contributed by atoms with Gasteiger partial charge in [-0.3, -0.25) is 9.59 Å². The molecule has 2 rings (SSSR count). The van der Waals surface area contributed by atoms with Gasteiger partial charge in [0.25, 0.3) is 0 Å². The second-order valence-corrected chi connectivity index (χ2v) is 3.75. The van der Waals surface area contributed by atoms with E-state index < -0.39 is 0 Å². The van der Waals surface area contributed by atoms with Crippen LogP contribution >= 0.6 is 0 Å². The Morgan fingerprint density at radius 3 is 2.67 bits per heavy atom. The van der Waals surface area contributed by atoms with Crippen LogP contribution in [0.15, 0.2) is 0 Å². The summed E-state index contributed by atoms with van der Waals surface area (Å²) in [5.41, 5.74) is 0. The number of ketones is 1. The summed E-state index contributed by atoms with van der Waals surface area (Å²) in [6.07, 6.45) is 2.37. The van der Waals surface area contributed by atoms with Crippen molar-refractivity contribution >= 4 is 11.8 Å². The molecule has 2 aliphatic carbocycles. The zero-order valence-electron chi connectivity index (χ0n) is 7.08. The van der Waals surface area contributed by atoms with Crippen LogP contribution in [0.5, 0.6) is 0 Å². The molecule has 2 fully saturated rings. The van der Waals surface area contributed by atoms with E-state index in [0.29, 0.717) is 18.1 Å². The third-order valence-electron chi connectivity index (χ3n) is 2.87. The fraction of sp³-hybridized carbons (Fsp3) is 0.778. The van der Waals surface area contributed by atoms with Gasteiger partial charge in [0.05, 0.1) is 0 Å². The van der Waals surface area contributed by atoms with E-state index in [4.69, 9.17) is 4.74 Å². The first-order chi connectivity index (χ1) is 5.66. The highest BCUT2D eigenvalue weighted by molar-refractivity contribution is 5.84. The predicted octanol–water partition coefficient (Wildman–Crippen LogP) is 0.917. The van der Waals surface area contributed by atoms with Crippen LogP contribution in [0.2, 0.25) is 0 Å². The Balaban J connectivity index is 1.98. The van der Waals surface area contributed by atoms with Crippen molar-refractivity contribution in [1.29, 1.82) is 0 Å². The first kappa shape index (κ1) is 7.77. The maximum absolute atomic E-state index is 11.1. The number of fused-ring (bicyclic) bond motifs is 2. The van der Waals surface area contributed by atoms with E-state index >= 15 is 0 Å². The lowest BCUT2D eigenvalue weighted by Gasteiger charge is -2.20. The molecule has 0 aromatic rings. The predicted molar refractivity (Wildman–Crippen MR) is 41.4 cm³/mol. The Bertz CT molecular complexity index is 234. The summed E-state index contributed by atoms with van der Waals surface area (Å²) in [5.74, 6) is 0.661. The summed E-state index contributed by atoms with van der Waals surface area (Å²) >= 11 is 0. The van der Waals surface area contributed by atoms with Crippen molar-refractivity contribution in [2.24, 2.45) is 11.8 Å². The highest BCUT2D eigenvalue weighted by atomic mass is 16.5. The quantitative estimate of drug-likeness (QED) is 0.547. The van der Waals surface area contributed by atoms with Crippen LogP contribution in [0.4, 0.5) is 0 Å². The van der Waals surface area contributed by atoms with Gasteiger partial charge < -0.3 is 4.74 Å². The van der Waals surface area contributed by atoms with E-state index in [-0.39, 0.29) is 18.0 Å². The molecule has 0 amide bonds. The number of ether oxygens (including phenoxy) is 1. The van der Waals surface area contributed by atoms with E-state index in [1.807, 2.05) is 0 Å². The van der Waals surface area contributed by atoms with Gasteiger partial charge in [0, 0.05) is 25.2 Å². The number of carbonyl (C=O) groups excluding carboxylic acids is 2. The first-order valence-corrected chi connectivity index (χ1v) is 4.36. The summed E-state index contributed by atoms with van der Waals surface area (Å²) in [4.78, 5) is 21.8. The third-order valence-corrected chi connectivity index (χ3v) is 2.87. The minimum Gasteiger partial charge on any atom is -0.462 e. The molecule has 3 heteroatoms. The Morgan fingerprint density at radius 2 is 2.25 bits per heavy atom. The molecule has 3 atom stereocenters. The molecule has 0 aromatic heterocycles. The molecule has 0 radical (unpaired) electrons. The molecule has 0 N–H and O–H groups in total. The van der Waals surface area contributed by atoms with Crippen molar-refractivity contribution in [1.82, 2.24) is 0 Å². The second kappa shape index (κ2) is 2.57. The third kappa shape index (κ3) is 1.13. The van der Waals surface area contributed by atoms with Gasteiger partial charge in [0.15, 0.2) is 0 Å². The lowest BCUT2D eigenvalue weighted by Crippen LogP contribution is -2.26. The molecule has 0 heterocycles. The van der Waals surface area contributed by atoms with E-state index in [0.717, 1.165) is 12.8 Å². The SMILES string of the molecule is CC(=O)O[C@H]1C[C@H]2C[C@@H]1CC2=O. The lowest BCUT2D eigenvalue weighted by atomic mass is 9.96. The molecular formula is C9H12O3. The summed E-state index contributed by atoms with van der Waals surface area (Å²) in [6, 6.07) is 0. The normalized spacial score (nSPS) is 38.8. The molecule has 0 aliphatic heterocycles. The molecule has 12 heavy (non-hydrogen) atoms. The van der Waals surface area contributed by atoms with Crippen molar-refractivity contribution in [3.63, 3.8) is 0 Å². The van der Waals surface area contributed by atoms with Gasteiger partial charge in [-0.15, -0.1) is 0 Å². The molecule has 0 spiro atoms. The largest absolute Gasteiger partial charge is 0.462 e. The van der Waals surface area contributed by atoms with E-state index in [2.05, 4.69) is 0 Å². The Labute approximate surface area is 71.1 Å². The number of hydrogen-bond donors (Lipinski definition) is 0. The fourth-order valence-electron chi connectivity index (χ4n) is 2.35. The average molecular weight is 168 g/mol. The van der Waals surface area contributed by atoms with Crippen LogP contribution in [0.3, 0.4) is 0 Å². The molecule has 0 saturated heterocycles. The number of hydrogen-bond acceptors (Lipinski definition) is 3. The van der Waals surface area contributed by atoms with Gasteiger partial charge in [0.1, 0.15) is 11.9 Å². The fourth-order valence-corrected chi connectivity index (χ4v) is 2.35. The van der Waals surface area contributed by atoms with Gasteiger partial charge in [-0.2, -0.15) is 0 Å².